The first-order valence-electron chi connectivity index (χ1n) is 5.90. The van der Waals surface area contributed by atoms with Crippen LogP contribution in [0.1, 0.15) is 13.3 Å². The van der Waals surface area contributed by atoms with Crippen LogP contribution in [0.2, 0.25) is 0 Å². The smallest absolute Gasteiger partial charge is 0.119 e. The van der Waals surface area contributed by atoms with Crippen molar-refractivity contribution in [3.8, 4) is 5.75 Å². The molecule has 1 aromatic carbocycles. The highest BCUT2D eigenvalue weighted by Crippen LogP contribution is 2.19. The number of nitrogens with one attached hydrogen (secondary N) is 1. The molecule has 0 amide bonds. The van der Waals surface area contributed by atoms with Crippen LogP contribution in [0.5, 0.6) is 5.75 Å². The van der Waals surface area contributed by atoms with E-state index >= 15 is 0 Å². The largest absolute Gasteiger partial charge is 0.489 e. The lowest BCUT2D eigenvalue weighted by atomic mass is 10.3. The molecule has 1 N–H and O–H groups in total. The minimum atomic E-state index is 0.579. The molecular formula is C14H21NOS. The Morgan fingerprint density at radius 3 is 2.65 bits per heavy atom. The van der Waals surface area contributed by atoms with E-state index < -0.39 is 0 Å². The standard InChI is InChI=1S/C14H21NOS/c1-4-9-15-10-12(2)11-16-13-5-7-14(17-3)8-6-13/h5-8,15H,2,4,9-11H2,1,3H3. The molecule has 0 heterocycles. The van der Waals surface area contributed by atoms with E-state index in [0.717, 1.165) is 30.8 Å². The van der Waals surface area contributed by atoms with E-state index in [1.165, 1.54) is 4.90 Å². The van der Waals surface area contributed by atoms with Crippen molar-refractivity contribution in [2.24, 2.45) is 0 Å². The molecule has 3 heteroatoms. The molecule has 0 saturated heterocycles. The average molecular weight is 251 g/mol. The first-order valence-corrected chi connectivity index (χ1v) is 7.13. The Bertz CT molecular complexity index is 335. The molecule has 94 valence electrons. The van der Waals surface area contributed by atoms with Crippen molar-refractivity contribution in [1.82, 2.24) is 5.32 Å². The normalized spacial score (nSPS) is 10.2. The minimum Gasteiger partial charge on any atom is -0.489 e. The van der Waals surface area contributed by atoms with Crippen molar-refractivity contribution in [3.63, 3.8) is 0 Å². The molecular weight excluding hydrogens is 230 g/mol. The molecule has 0 aliphatic rings. The summed E-state index contributed by atoms with van der Waals surface area (Å²) in [6, 6.07) is 8.13. The molecule has 0 saturated carbocycles. The fourth-order valence-corrected chi connectivity index (χ4v) is 1.76. The van der Waals surface area contributed by atoms with E-state index in [1.54, 1.807) is 11.8 Å². The summed E-state index contributed by atoms with van der Waals surface area (Å²) in [5.74, 6) is 0.902. The number of rotatable bonds is 8. The highest BCUT2D eigenvalue weighted by molar-refractivity contribution is 7.98. The van der Waals surface area contributed by atoms with Crippen LogP contribution < -0.4 is 10.1 Å². The Labute approximate surface area is 108 Å². The third kappa shape index (κ3) is 5.80. The van der Waals surface area contributed by atoms with Crippen molar-refractivity contribution in [1.29, 1.82) is 0 Å². The molecule has 1 rings (SSSR count). The van der Waals surface area contributed by atoms with Crippen LogP contribution in [0.25, 0.3) is 0 Å². The molecule has 0 fully saturated rings. The Morgan fingerprint density at radius 1 is 1.35 bits per heavy atom. The predicted molar refractivity (Wildman–Crippen MR) is 76.0 cm³/mol. The topological polar surface area (TPSA) is 21.3 Å². The third-order valence-electron chi connectivity index (χ3n) is 2.30. The van der Waals surface area contributed by atoms with Crippen LogP contribution in [0, 0.1) is 0 Å². The van der Waals surface area contributed by atoms with Crippen LogP contribution >= 0.6 is 11.8 Å². The molecule has 0 atom stereocenters. The van der Waals surface area contributed by atoms with Gasteiger partial charge in [0.2, 0.25) is 0 Å². The van der Waals surface area contributed by atoms with Gasteiger partial charge in [-0.25, -0.2) is 0 Å². The molecule has 0 unspecified atom stereocenters. The predicted octanol–water partition coefficient (Wildman–Crippen LogP) is 3.34. The van der Waals surface area contributed by atoms with E-state index in [4.69, 9.17) is 4.74 Å². The van der Waals surface area contributed by atoms with Crippen molar-refractivity contribution in [2.45, 2.75) is 18.2 Å². The van der Waals surface area contributed by atoms with Gasteiger partial charge in [-0.15, -0.1) is 11.8 Å². The lowest BCUT2D eigenvalue weighted by Gasteiger charge is -2.09. The lowest BCUT2D eigenvalue weighted by Crippen LogP contribution is -2.20. The van der Waals surface area contributed by atoms with Gasteiger partial charge in [-0.05, 0) is 49.1 Å². The molecule has 0 aliphatic heterocycles. The summed E-state index contributed by atoms with van der Waals surface area (Å²) in [5, 5.41) is 3.31. The monoisotopic (exact) mass is 251 g/mol. The van der Waals surface area contributed by atoms with Crippen molar-refractivity contribution in [2.75, 3.05) is 26.0 Å². The van der Waals surface area contributed by atoms with Gasteiger partial charge in [-0.1, -0.05) is 13.5 Å². The Morgan fingerprint density at radius 2 is 2.06 bits per heavy atom. The summed E-state index contributed by atoms with van der Waals surface area (Å²) in [5.41, 5.74) is 1.08. The van der Waals surface area contributed by atoms with Gasteiger partial charge < -0.3 is 10.1 Å². The van der Waals surface area contributed by atoms with Gasteiger partial charge in [-0.3, -0.25) is 0 Å². The van der Waals surface area contributed by atoms with E-state index in [-0.39, 0.29) is 0 Å². The Kier molecular flexibility index (Phi) is 6.82. The fourth-order valence-electron chi connectivity index (χ4n) is 1.35. The molecule has 0 bridgehead atoms. The van der Waals surface area contributed by atoms with Gasteiger partial charge in [0.15, 0.2) is 0 Å². The summed E-state index contributed by atoms with van der Waals surface area (Å²) in [6.07, 6.45) is 3.21. The molecule has 2 nitrogen and oxygen atoms in total. The van der Waals surface area contributed by atoms with Gasteiger partial charge in [0.1, 0.15) is 12.4 Å². The zero-order chi connectivity index (χ0) is 12.5. The van der Waals surface area contributed by atoms with Crippen LogP contribution in [0.4, 0.5) is 0 Å². The highest BCUT2D eigenvalue weighted by atomic mass is 32.2. The van der Waals surface area contributed by atoms with Crippen molar-refractivity contribution in [3.05, 3.63) is 36.4 Å². The number of thioether (sulfide) groups is 1. The van der Waals surface area contributed by atoms with Crippen LogP contribution in [0.3, 0.4) is 0 Å². The molecule has 0 radical (unpaired) electrons. The first kappa shape index (κ1) is 14.1. The number of hydrogen-bond donors (Lipinski definition) is 1. The van der Waals surface area contributed by atoms with Gasteiger partial charge in [0.25, 0.3) is 0 Å². The fraction of sp³-hybridized carbons (Fsp3) is 0.429. The maximum Gasteiger partial charge on any atom is 0.119 e. The SMILES string of the molecule is C=C(CNCCC)COc1ccc(SC)cc1. The summed E-state index contributed by atoms with van der Waals surface area (Å²) in [6.45, 7) is 8.57. The van der Waals surface area contributed by atoms with Gasteiger partial charge in [0.05, 0.1) is 0 Å². The average Bonchev–Trinajstić information content (AvgIpc) is 2.37. The zero-order valence-electron chi connectivity index (χ0n) is 10.7. The van der Waals surface area contributed by atoms with Crippen LogP contribution in [-0.4, -0.2) is 26.0 Å². The number of ether oxygens (including phenoxy) is 1. The maximum atomic E-state index is 5.65. The molecule has 0 spiro atoms. The second kappa shape index (κ2) is 8.20. The van der Waals surface area contributed by atoms with E-state index in [0.29, 0.717) is 6.61 Å². The maximum absolute atomic E-state index is 5.65. The minimum absolute atomic E-state index is 0.579. The van der Waals surface area contributed by atoms with E-state index in [9.17, 15) is 0 Å². The van der Waals surface area contributed by atoms with Crippen LogP contribution in [0.15, 0.2) is 41.3 Å². The number of benzene rings is 1. The Balaban J connectivity index is 2.27. The lowest BCUT2D eigenvalue weighted by molar-refractivity contribution is 0.348. The quantitative estimate of drug-likeness (QED) is 0.435. The Hall–Kier alpha value is -0.930. The number of hydrogen-bond acceptors (Lipinski definition) is 3. The van der Waals surface area contributed by atoms with Gasteiger partial charge >= 0.3 is 0 Å². The molecule has 0 aromatic heterocycles. The zero-order valence-corrected chi connectivity index (χ0v) is 11.5. The molecule has 0 aliphatic carbocycles. The summed E-state index contributed by atoms with van der Waals surface area (Å²) >= 11 is 1.73. The molecule has 1 aromatic rings. The summed E-state index contributed by atoms with van der Waals surface area (Å²) < 4.78 is 5.65. The van der Waals surface area contributed by atoms with Gasteiger partial charge in [0, 0.05) is 11.4 Å². The van der Waals surface area contributed by atoms with Crippen LogP contribution in [-0.2, 0) is 0 Å². The second-order valence-electron chi connectivity index (χ2n) is 3.89. The van der Waals surface area contributed by atoms with Crippen molar-refractivity contribution >= 4 is 11.8 Å². The van der Waals surface area contributed by atoms with Crippen molar-refractivity contribution < 1.29 is 4.74 Å². The third-order valence-corrected chi connectivity index (χ3v) is 3.05. The first-order chi connectivity index (χ1) is 8.26. The summed E-state index contributed by atoms with van der Waals surface area (Å²) in [4.78, 5) is 1.25. The van der Waals surface area contributed by atoms with E-state index in [2.05, 4.69) is 37.2 Å². The van der Waals surface area contributed by atoms with E-state index in [1.807, 2.05) is 12.1 Å². The second-order valence-corrected chi connectivity index (χ2v) is 4.77. The molecule has 17 heavy (non-hydrogen) atoms. The van der Waals surface area contributed by atoms with Gasteiger partial charge in [-0.2, -0.15) is 0 Å². The summed E-state index contributed by atoms with van der Waals surface area (Å²) in [7, 11) is 0. The highest BCUT2D eigenvalue weighted by Gasteiger charge is 1.97.